The van der Waals surface area contributed by atoms with E-state index in [2.05, 4.69) is 65.9 Å². The molecule has 2 heterocycles. The molecule has 4 nitrogen and oxygen atoms in total. The largest absolute Gasteiger partial charge is 0.419 e. The number of para-hydroxylation sites is 1. The quantitative estimate of drug-likeness (QED) is 0.686. The van der Waals surface area contributed by atoms with E-state index in [0.29, 0.717) is 11.9 Å². The molecule has 0 amide bonds. The SMILES string of the molecule is CCCCc1nnc(-c2cc3ccccc3n2C(C)C)o1. The van der Waals surface area contributed by atoms with Crippen molar-refractivity contribution >= 4 is 10.9 Å². The van der Waals surface area contributed by atoms with Gasteiger partial charge in [0.15, 0.2) is 0 Å². The number of unbranched alkanes of at least 4 members (excludes halogenated alkanes) is 1. The number of fused-ring (bicyclic) bond motifs is 1. The van der Waals surface area contributed by atoms with Gasteiger partial charge in [-0.2, -0.15) is 0 Å². The lowest BCUT2D eigenvalue weighted by Gasteiger charge is -2.12. The predicted molar refractivity (Wildman–Crippen MR) is 84.2 cm³/mol. The van der Waals surface area contributed by atoms with E-state index in [0.717, 1.165) is 30.8 Å². The van der Waals surface area contributed by atoms with Crippen LogP contribution in [0.2, 0.25) is 0 Å². The summed E-state index contributed by atoms with van der Waals surface area (Å²) >= 11 is 0. The molecule has 0 saturated heterocycles. The van der Waals surface area contributed by atoms with Gasteiger partial charge in [-0.3, -0.25) is 0 Å². The van der Waals surface area contributed by atoms with Crippen molar-refractivity contribution in [2.24, 2.45) is 0 Å². The average Bonchev–Trinajstić information content (AvgIpc) is 3.08. The van der Waals surface area contributed by atoms with Crippen LogP contribution >= 0.6 is 0 Å². The van der Waals surface area contributed by atoms with Crippen molar-refractivity contribution in [3.8, 4) is 11.6 Å². The summed E-state index contributed by atoms with van der Waals surface area (Å²) in [6, 6.07) is 10.8. The molecule has 0 N–H and O–H groups in total. The fourth-order valence-electron chi connectivity index (χ4n) is 2.68. The third-order valence-electron chi connectivity index (χ3n) is 3.69. The molecule has 0 spiro atoms. The minimum Gasteiger partial charge on any atom is -0.419 e. The molecule has 2 aromatic heterocycles. The smallest absolute Gasteiger partial charge is 0.264 e. The standard InChI is InChI=1S/C17H21N3O/c1-4-5-10-16-18-19-17(21-16)15-11-13-8-6-7-9-14(13)20(15)12(2)3/h6-9,11-12H,4-5,10H2,1-3H3. The molecule has 21 heavy (non-hydrogen) atoms. The minimum atomic E-state index is 0.339. The zero-order valence-electron chi connectivity index (χ0n) is 12.8. The lowest BCUT2D eigenvalue weighted by atomic mass is 10.2. The number of benzene rings is 1. The van der Waals surface area contributed by atoms with Crippen LogP contribution in [0.5, 0.6) is 0 Å². The Labute approximate surface area is 124 Å². The van der Waals surface area contributed by atoms with Crippen molar-refractivity contribution in [1.29, 1.82) is 0 Å². The third-order valence-corrected chi connectivity index (χ3v) is 3.69. The molecule has 0 saturated carbocycles. The molecular weight excluding hydrogens is 262 g/mol. The lowest BCUT2D eigenvalue weighted by Crippen LogP contribution is -2.02. The topological polar surface area (TPSA) is 43.9 Å². The molecule has 4 heteroatoms. The van der Waals surface area contributed by atoms with E-state index in [-0.39, 0.29) is 0 Å². The van der Waals surface area contributed by atoms with Gasteiger partial charge in [0.05, 0.1) is 0 Å². The molecule has 0 aliphatic carbocycles. The van der Waals surface area contributed by atoms with Gasteiger partial charge in [-0.25, -0.2) is 0 Å². The first-order valence-electron chi connectivity index (χ1n) is 7.63. The van der Waals surface area contributed by atoms with E-state index < -0.39 is 0 Å². The summed E-state index contributed by atoms with van der Waals surface area (Å²) in [4.78, 5) is 0. The average molecular weight is 283 g/mol. The highest BCUT2D eigenvalue weighted by Crippen LogP contribution is 2.30. The highest BCUT2D eigenvalue weighted by Gasteiger charge is 2.17. The van der Waals surface area contributed by atoms with Crippen LogP contribution in [-0.4, -0.2) is 14.8 Å². The number of aryl methyl sites for hydroxylation is 1. The second-order valence-electron chi connectivity index (χ2n) is 5.66. The lowest BCUT2D eigenvalue weighted by molar-refractivity contribution is 0.489. The van der Waals surface area contributed by atoms with Gasteiger partial charge in [0.1, 0.15) is 5.69 Å². The summed E-state index contributed by atoms with van der Waals surface area (Å²) in [7, 11) is 0. The Morgan fingerprint density at radius 1 is 1.19 bits per heavy atom. The summed E-state index contributed by atoms with van der Waals surface area (Å²) < 4.78 is 8.11. The van der Waals surface area contributed by atoms with Crippen molar-refractivity contribution in [2.45, 2.75) is 46.1 Å². The molecule has 0 fully saturated rings. The zero-order chi connectivity index (χ0) is 14.8. The number of hydrogen-bond donors (Lipinski definition) is 0. The van der Waals surface area contributed by atoms with Crippen LogP contribution in [0.25, 0.3) is 22.5 Å². The van der Waals surface area contributed by atoms with E-state index in [1.165, 1.54) is 10.9 Å². The Morgan fingerprint density at radius 3 is 2.76 bits per heavy atom. The molecule has 0 radical (unpaired) electrons. The number of nitrogens with zero attached hydrogens (tertiary/aromatic N) is 3. The van der Waals surface area contributed by atoms with Gasteiger partial charge in [-0.05, 0) is 32.4 Å². The monoisotopic (exact) mass is 283 g/mol. The number of hydrogen-bond acceptors (Lipinski definition) is 3. The maximum atomic E-state index is 5.85. The summed E-state index contributed by atoms with van der Waals surface area (Å²) in [5.74, 6) is 1.35. The van der Waals surface area contributed by atoms with Crippen LogP contribution in [0.1, 0.15) is 45.5 Å². The molecule has 1 aromatic carbocycles. The Balaban J connectivity index is 2.07. The first kappa shape index (κ1) is 13.9. The second kappa shape index (κ2) is 5.72. The number of aromatic nitrogens is 3. The predicted octanol–water partition coefficient (Wildman–Crippen LogP) is 4.61. The van der Waals surface area contributed by atoms with Crippen LogP contribution in [0.15, 0.2) is 34.7 Å². The zero-order valence-corrected chi connectivity index (χ0v) is 12.8. The van der Waals surface area contributed by atoms with Crippen molar-refractivity contribution in [1.82, 2.24) is 14.8 Å². The van der Waals surface area contributed by atoms with Crippen molar-refractivity contribution in [3.05, 3.63) is 36.2 Å². The van der Waals surface area contributed by atoms with Gasteiger partial charge >= 0.3 is 0 Å². The first-order valence-corrected chi connectivity index (χ1v) is 7.63. The molecule has 110 valence electrons. The maximum absolute atomic E-state index is 5.85. The van der Waals surface area contributed by atoms with Gasteiger partial charge in [0.25, 0.3) is 5.89 Å². The van der Waals surface area contributed by atoms with Crippen LogP contribution in [0.4, 0.5) is 0 Å². The molecule has 0 aliphatic heterocycles. The third kappa shape index (κ3) is 2.58. The van der Waals surface area contributed by atoms with Gasteiger partial charge in [-0.15, -0.1) is 10.2 Å². The van der Waals surface area contributed by atoms with Crippen LogP contribution in [0.3, 0.4) is 0 Å². The summed E-state index contributed by atoms with van der Waals surface area (Å²) in [6.07, 6.45) is 3.06. The Kier molecular flexibility index (Phi) is 3.78. The fraction of sp³-hybridized carbons (Fsp3) is 0.412. The first-order chi connectivity index (χ1) is 10.2. The second-order valence-corrected chi connectivity index (χ2v) is 5.66. The van der Waals surface area contributed by atoms with Gasteiger partial charge in [-0.1, -0.05) is 31.5 Å². The Hall–Kier alpha value is -2.10. The highest BCUT2D eigenvalue weighted by atomic mass is 16.4. The van der Waals surface area contributed by atoms with E-state index >= 15 is 0 Å². The van der Waals surface area contributed by atoms with E-state index in [9.17, 15) is 0 Å². The molecule has 0 bridgehead atoms. The van der Waals surface area contributed by atoms with Crippen LogP contribution < -0.4 is 0 Å². The van der Waals surface area contributed by atoms with Gasteiger partial charge in [0, 0.05) is 23.4 Å². The summed E-state index contributed by atoms with van der Waals surface area (Å²) in [6.45, 7) is 6.50. The molecular formula is C17H21N3O. The number of rotatable bonds is 5. The highest BCUT2D eigenvalue weighted by molar-refractivity contribution is 5.85. The van der Waals surface area contributed by atoms with Crippen molar-refractivity contribution in [2.75, 3.05) is 0 Å². The molecule has 0 aliphatic rings. The van der Waals surface area contributed by atoms with E-state index in [1.807, 2.05) is 0 Å². The van der Waals surface area contributed by atoms with E-state index in [1.54, 1.807) is 0 Å². The fourth-order valence-corrected chi connectivity index (χ4v) is 2.68. The summed E-state index contributed by atoms with van der Waals surface area (Å²) in [5.41, 5.74) is 2.21. The van der Waals surface area contributed by atoms with Gasteiger partial charge < -0.3 is 8.98 Å². The Morgan fingerprint density at radius 2 is 2.00 bits per heavy atom. The molecule has 0 unspecified atom stereocenters. The van der Waals surface area contributed by atoms with Crippen molar-refractivity contribution in [3.63, 3.8) is 0 Å². The van der Waals surface area contributed by atoms with Crippen LogP contribution in [0, 0.1) is 0 Å². The molecule has 0 atom stereocenters. The molecule has 3 aromatic rings. The Bertz CT molecular complexity index is 739. The maximum Gasteiger partial charge on any atom is 0.264 e. The van der Waals surface area contributed by atoms with Crippen LogP contribution in [-0.2, 0) is 6.42 Å². The minimum absolute atomic E-state index is 0.339. The van der Waals surface area contributed by atoms with E-state index in [4.69, 9.17) is 4.42 Å². The summed E-state index contributed by atoms with van der Waals surface area (Å²) in [5, 5.41) is 9.61. The van der Waals surface area contributed by atoms with Gasteiger partial charge in [0.2, 0.25) is 5.89 Å². The normalized spacial score (nSPS) is 11.6. The molecule has 3 rings (SSSR count). The van der Waals surface area contributed by atoms with Crippen molar-refractivity contribution < 1.29 is 4.42 Å².